The molecule has 0 unspecified atom stereocenters. The molecular weight excluding hydrogens is 272 g/mol. The minimum absolute atomic E-state index is 0.210. The number of pyridine rings is 1. The highest BCUT2D eigenvalue weighted by Crippen LogP contribution is 2.06. The Morgan fingerprint density at radius 1 is 1.33 bits per heavy atom. The number of carbonyl (C=O) groups excluding carboxylic acids is 2. The van der Waals surface area contributed by atoms with Crippen LogP contribution >= 0.6 is 0 Å². The normalized spacial score (nSPS) is 10.2. The second-order valence-corrected chi connectivity index (χ2v) is 4.51. The molecule has 0 aliphatic heterocycles. The van der Waals surface area contributed by atoms with Gasteiger partial charge in [0.05, 0.1) is 12.1 Å². The van der Waals surface area contributed by atoms with Gasteiger partial charge < -0.3 is 10.2 Å². The van der Waals surface area contributed by atoms with Crippen LogP contribution in [-0.2, 0) is 13.6 Å². The van der Waals surface area contributed by atoms with Crippen molar-refractivity contribution in [1.82, 2.24) is 30.0 Å². The van der Waals surface area contributed by atoms with Crippen molar-refractivity contribution in [2.45, 2.75) is 6.54 Å². The Kier molecular flexibility index (Phi) is 4.27. The highest BCUT2D eigenvalue weighted by atomic mass is 16.2. The molecule has 0 fully saturated rings. The van der Waals surface area contributed by atoms with E-state index in [1.807, 2.05) is 0 Å². The maximum Gasteiger partial charge on any atom is 0.269 e. The summed E-state index contributed by atoms with van der Waals surface area (Å²) in [6.07, 6.45) is 2.96. The molecule has 1 N–H and O–H groups in total. The second kappa shape index (κ2) is 6.12. The third-order valence-corrected chi connectivity index (χ3v) is 2.84. The number of aryl methyl sites for hydroxylation is 1. The summed E-state index contributed by atoms with van der Waals surface area (Å²) in [6, 6.07) is 3.08. The summed E-state index contributed by atoms with van der Waals surface area (Å²) in [5.74, 6) is 0.0572. The van der Waals surface area contributed by atoms with E-state index in [0.29, 0.717) is 17.9 Å². The number of nitrogens with one attached hydrogen (secondary N) is 1. The van der Waals surface area contributed by atoms with Crippen molar-refractivity contribution in [2.75, 3.05) is 14.1 Å². The van der Waals surface area contributed by atoms with Crippen molar-refractivity contribution >= 4 is 11.8 Å². The number of hydrogen-bond acceptors (Lipinski definition) is 5. The molecule has 8 nitrogen and oxygen atoms in total. The number of carbonyl (C=O) groups is 2. The van der Waals surface area contributed by atoms with Crippen LogP contribution in [0, 0.1) is 0 Å². The van der Waals surface area contributed by atoms with Crippen LogP contribution in [0.3, 0.4) is 0 Å². The zero-order valence-corrected chi connectivity index (χ0v) is 12.1. The molecule has 0 bridgehead atoms. The number of amides is 2. The Morgan fingerprint density at radius 2 is 2.10 bits per heavy atom. The Labute approximate surface area is 121 Å². The second-order valence-electron chi connectivity index (χ2n) is 4.51. The Balaban J connectivity index is 2.06. The van der Waals surface area contributed by atoms with Crippen molar-refractivity contribution in [1.29, 1.82) is 0 Å². The lowest BCUT2D eigenvalue weighted by molar-refractivity contribution is 0.0780. The maximum absolute atomic E-state index is 12.2. The minimum atomic E-state index is -0.292. The summed E-state index contributed by atoms with van der Waals surface area (Å²) in [5.41, 5.74) is 0.671. The van der Waals surface area contributed by atoms with Crippen molar-refractivity contribution in [3.05, 3.63) is 41.7 Å². The van der Waals surface area contributed by atoms with Crippen molar-refractivity contribution in [3.8, 4) is 0 Å². The number of aromatic nitrogens is 4. The van der Waals surface area contributed by atoms with Crippen LogP contribution in [0.1, 0.15) is 26.7 Å². The zero-order chi connectivity index (χ0) is 15.4. The van der Waals surface area contributed by atoms with E-state index < -0.39 is 0 Å². The molecular formula is C13H16N6O2. The molecule has 2 aromatic heterocycles. The molecule has 0 aliphatic carbocycles. The monoisotopic (exact) mass is 288 g/mol. The highest BCUT2D eigenvalue weighted by molar-refractivity contribution is 5.96. The molecule has 0 aromatic carbocycles. The van der Waals surface area contributed by atoms with Gasteiger partial charge in [0.15, 0.2) is 5.82 Å². The molecule has 110 valence electrons. The minimum Gasteiger partial charge on any atom is -0.354 e. The van der Waals surface area contributed by atoms with E-state index in [1.54, 1.807) is 31.2 Å². The molecule has 8 heteroatoms. The number of rotatable bonds is 4. The van der Waals surface area contributed by atoms with Crippen LogP contribution in [0.5, 0.6) is 0 Å². The highest BCUT2D eigenvalue weighted by Gasteiger charge is 2.15. The van der Waals surface area contributed by atoms with Gasteiger partial charge in [-0.3, -0.25) is 19.3 Å². The quantitative estimate of drug-likeness (QED) is 0.844. The SMILES string of the molecule is CNC(=O)c1ccc(C(=O)N(C)Cc2ncn(C)n2)cn1. The molecule has 21 heavy (non-hydrogen) atoms. The summed E-state index contributed by atoms with van der Waals surface area (Å²) in [7, 11) is 4.95. The molecule has 0 radical (unpaired) electrons. The lowest BCUT2D eigenvalue weighted by atomic mass is 10.2. The summed E-state index contributed by atoms with van der Waals surface area (Å²) >= 11 is 0. The van der Waals surface area contributed by atoms with Gasteiger partial charge in [-0.2, -0.15) is 5.10 Å². The maximum atomic E-state index is 12.2. The summed E-state index contributed by atoms with van der Waals surface area (Å²) < 4.78 is 1.58. The average Bonchev–Trinajstić information content (AvgIpc) is 2.90. The molecule has 2 amide bonds. The van der Waals surface area contributed by atoms with E-state index in [1.165, 1.54) is 24.2 Å². The van der Waals surface area contributed by atoms with Crippen LogP contribution in [0.2, 0.25) is 0 Å². The lowest BCUT2D eigenvalue weighted by Crippen LogP contribution is -2.27. The fraction of sp³-hybridized carbons (Fsp3) is 0.308. The van der Waals surface area contributed by atoms with Crippen LogP contribution < -0.4 is 5.32 Å². The van der Waals surface area contributed by atoms with Gasteiger partial charge in [-0.1, -0.05) is 0 Å². The fourth-order valence-electron chi connectivity index (χ4n) is 1.74. The summed E-state index contributed by atoms with van der Waals surface area (Å²) in [4.78, 5) is 33.1. The van der Waals surface area contributed by atoms with Gasteiger partial charge in [-0.05, 0) is 12.1 Å². The fourth-order valence-corrected chi connectivity index (χ4v) is 1.74. The first-order chi connectivity index (χ1) is 10.0. The van der Waals surface area contributed by atoms with Gasteiger partial charge in [-0.15, -0.1) is 0 Å². The first-order valence-electron chi connectivity index (χ1n) is 6.29. The number of nitrogens with zero attached hydrogens (tertiary/aromatic N) is 5. The topological polar surface area (TPSA) is 93.0 Å². The van der Waals surface area contributed by atoms with Gasteiger partial charge in [0.2, 0.25) is 0 Å². The van der Waals surface area contributed by atoms with E-state index in [-0.39, 0.29) is 17.5 Å². The smallest absolute Gasteiger partial charge is 0.269 e. The van der Waals surface area contributed by atoms with Crippen LogP contribution in [0.15, 0.2) is 24.7 Å². The molecule has 0 saturated carbocycles. The van der Waals surface area contributed by atoms with E-state index in [4.69, 9.17) is 0 Å². The predicted molar refractivity (Wildman–Crippen MR) is 74.4 cm³/mol. The molecule has 2 heterocycles. The van der Waals surface area contributed by atoms with E-state index in [0.717, 1.165) is 0 Å². The first kappa shape index (κ1) is 14.6. The van der Waals surface area contributed by atoms with Crippen LogP contribution in [-0.4, -0.2) is 50.6 Å². The van der Waals surface area contributed by atoms with Gasteiger partial charge >= 0.3 is 0 Å². The molecule has 2 aromatic rings. The molecule has 0 aliphatic rings. The van der Waals surface area contributed by atoms with Crippen molar-refractivity contribution in [3.63, 3.8) is 0 Å². The van der Waals surface area contributed by atoms with Crippen molar-refractivity contribution in [2.24, 2.45) is 7.05 Å². The van der Waals surface area contributed by atoms with Gasteiger partial charge in [0.25, 0.3) is 11.8 Å². The first-order valence-corrected chi connectivity index (χ1v) is 6.29. The standard InChI is InChI=1S/C13H16N6O2/c1-14-12(20)10-5-4-9(6-15-10)13(21)18(2)7-11-16-8-19(3)17-11/h4-6,8H,7H2,1-3H3,(H,14,20). The summed E-state index contributed by atoms with van der Waals surface area (Å²) in [5, 5.41) is 6.59. The largest absolute Gasteiger partial charge is 0.354 e. The zero-order valence-electron chi connectivity index (χ0n) is 12.1. The van der Waals surface area contributed by atoms with Gasteiger partial charge in [-0.25, -0.2) is 4.98 Å². The molecule has 2 rings (SSSR count). The van der Waals surface area contributed by atoms with Gasteiger partial charge in [0, 0.05) is 27.3 Å². The van der Waals surface area contributed by atoms with Crippen molar-refractivity contribution < 1.29 is 9.59 Å². The molecule has 0 saturated heterocycles. The van der Waals surface area contributed by atoms with E-state index in [2.05, 4.69) is 20.4 Å². The third-order valence-electron chi connectivity index (χ3n) is 2.84. The lowest BCUT2D eigenvalue weighted by Gasteiger charge is -2.15. The summed E-state index contributed by atoms with van der Waals surface area (Å²) in [6.45, 7) is 0.302. The van der Waals surface area contributed by atoms with Crippen LogP contribution in [0.25, 0.3) is 0 Å². The molecule has 0 atom stereocenters. The number of hydrogen-bond donors (Lipinski definition) is 1. The Bertz CT molecular complexity index is 649. The van der Waals surface area contributed by atoms with Crippen LogP contribution in [0.4, 0.5) is 0 Å². The third kappa shape index (κ3) is 3.41. The Morgan fingerprint density at radius 3 is 2.62 bits per heavy atom. The van der Waals surface area contributed by atoms with Gasteiger partial charge in [0.1, 0.15) is 12.0 Å². The molecule has 0 spiro atoms. The van der Waals surface area contributed by atoms with E-state index in [9.17, 15) is 9.59 Å². The Hall–Kier alpha value is -2.77. The average molecular weight is 288 g/mol. The predicted octanol–water partition coefficient (Wildman–Crippen LogP) is -0.158. The van der Waals surface area contributed by atoms with E-state index >= 15 is 0 Å².